The fraction of sp³-hybridized carbons (Fsp3) is 0.238. The first-order valence-corrected chi connectivity index (χ1v) is 12.1. The molecule has 31 heavy (non-hydrogen) atoms. The third-order valence-electron chi connectivity index (χ3n) is 4.04. The molecule has 0 saturated carbocycles. The predicted molar refractivity (Wildman–Crippen MR) is 128 cm³/mol. The second-order valence-corrected chi connectivity index (χ2v) is 9.67. The highest BCUT2D eigenvalue weighted by Gasteiger charge is 2.17. The second-order valence-electron chi connectivity index (χ2n) is 6.27. The number of methoxy groups -OCH3 is 1. The number of hydrogen-bond donors (Lipinski definition) is 2. The number of benzene rings is 2. The van der Waals surface area contributed by atoms with Crippen LogP contribution in [-0.4, -0.2) is 39.3 Å². The normalized spacial score (nSPS) is 11.6. The second kappa shape index (κ2) is 11.2. The molecule has 7 nitrogen and oxygen atoms in total. The smallest absolute Gasteiger partial charge is 0.255 e. The molecule has 0 aliphatic heterocycles. The predicted octanol–water partition coefficient (Wildman–Crippen LogP) is 5.03. The fourth-order valence-electron chi connectivity index (χ4n) is 2.51. The molecule has 0 spiro atoms. The molecule has 1 heterocycles. The van der Waals surface area contributed by atoms with E-state index in [1.54, 1.807) is 31.4 Å². The lowest BCUT2D eigenvalue weighted by molar-refractivity contribution is -0.115. The number of carbonyl (C=O) groups is 2. The Bertz CT molecular complexity index is 1040. The van der Waals surface area contributed by atoms with Gasteiger partial charge in [-0.15, -0.1) is 11.8 Å². The van der Waals surface area contributed by atoms with Crippen molar-refractivity contribution in [2.75, 3.05) is 23.5 Å². The molecule has 1 atom stereocenters. The average molecular weight is 475 g/mol. The molecule has 0 radical (unpaired) electrons. The van der Waals surface area contributed by atoms with E-state index in [2.05, 4.69) is 20.0 Å². The highest BCUT2D eigenvalue weighted by Crippen LogP contribution is 2.27. The molecular weight excluding hydrogens is 452 g/mol. The van der Waals surface area contributed by atoms with Crippen LogP contribution >= 0.6 is 35.1 Å². The number of ether oxygens (including phenoxy) is 1. The topological polar surface area (TPSA) is 93.2 Å². The third-order valence-corrected chi connectivity index (χ3v) is 6.61. The molecule has 3 rings (SSSR count). The number of nitrogens with one attached hydrogen (secondary N) is 2. The van der Waals surface area contributed by atoms with Crippen LogP contribution in [0.4, 0.5) is 10.8 Å². The van der Waals surface area contributed by atoms with Crippen molar-refractivity contribution in [2.24, 2.45) is 0 Å². The zero-order chi connectivity index (χ0) is 22.2. The summed E-state index contributed by atoms with van der Waals surface area (Å²) in [6.45, 7) is 3.85. The van der Waals surface area contributed by atoms with Gasteiger partial charge in [-0.2, -0.15) is 9.36 Å². The van der Waals surface area contributed by atoms with Gasteiger partial charge < -0.3 is 10.1 Å². The van der Waals surface area contributed by atoms with Gasteiger partial charge in [0, 0.05) is 27.7 Å². The Hall–Kier alpha value is -2.56. The van der Waals surface area contributed by atoms with Crippen molar-refractivity contribution >= 4 is 57.7 Å². The van der Waals surface area contributed by atoms with Crippen molar-refractivity contribution in [1.29, 1.82) is 0 Å². The first kappa shape index (κ1) is 23.1. The number of thioether (sulfide) groups is 2. The van der Waals surface area contributed by atoms with Gasteiger partial charge in [-0.3, -0.25) is 14.9 Å². The van der Waals surface area contributed by atoms with Crippen LogP contribution in [0.25, 0.3) is 0 Å². The van der Waals surface area contributed by atoms with E-state index in [1.807, 2.05) is 38.1 Å². The molecule has 3 aromatic rings. The van der Waals surface area contributed by atoms with Crippen LogP contribution in [-0.2, 0) is 4.79 Å². The number of nitrogens with zero attached hydrogens (tertiary/aromatic N) is 2. The van der Waals surface area contributed by atoms with Gasteiger partial charge in [0.15, 0.2) is 0 Å². The Balaban J connectivity index is 1.58. The molecule has 0 aliphatic carbocycles. The van der Waals surface area contributed by atoms with E-state index in [-0.39, 0.29) is 17.1 Å². The Kier molecular flexibility index (Phi) is 8.33. The molecule has 0 bridgehead atoms. The molecule has 0 fully saturated rings. The summed E-state index contributed by atoms with van der Waals surface area (Å²) >= 11 is 4.11. The zero-order valence-corrected chi connectivity index (χ0v) is 19.7. The van der Waals surface area contributed by atoms with E-state index in [1.165, 1.54) is 35.1 Å². The quantitative estimate of drug-likeness (QED) is 0.420. The van der Waals surface area contributed by atoms with Crippen LogP contribution in [0.3, 0.4) is 0 Å². The number of amides is 2. The number of hydrogen-bond acceptors (Lipinski definition) is 8. The Morgan fingerprint density at radius 2 is 1.94 bits per heavy atom. The van der Waals surface area contributed by atoms with Gasteiger partial charge in [0.2, 0.25) is 16.2 Å². The molecular formula is C21H22N4O3S3. The van der Waals surface area contributed by atoms with Crippen molar-refractivity contribution in [3.05, 3.63) is 54.1 Å². The lowest BCUT2D eigenvalue weighted by Crippen LogP contribution is -2.22. The summed E-state index contributed by atoms with van der Waals surface area (Å²) in [7, 11) is 1.58. The fourth-order valence-corrected chi connectivity index (χ4v) is 4.71. The van der Waals surface area contributed by atoms with Gasteiger partial charge in [0.25, 0.3) is 5.91 Å². The maximum atomic E-state index is 12.5. The molecule has 2 aromatic carbocycles. The summed E-state index contributed by atoms with van der Waals surface area (Å²) in [5.41, 5.74) is 1.19. The van der Waals surface area contributed by atoms with Crippen LogP contribution in [0.15, 0.2) is 58.6 Å². The lowest BCUT2D eigenvalue weighted by Gasteiger charge is -2.12. The molecule has 162 valence electrons. The summed E-state index contributed by atoms with van der Waals surface area (Å²) in [6.07, 6.45) is 0. The standard InChI is InChI=1S/C21H22N4O3S3/c1-4-29-21-24-20(31-25-21)23-18(26)13(2)30-17-7-5-6-15(12-17)22-19(27)14-8-10-16(28-3)11-9-14/h5-13H,4H2,1-3H3,(H,22,27)(H,23,24,25,26). The number of rotatable bonds is 9. The third kappa shape index (κ3) is 6.71. The minimum atomic E-state index is -0.348. The molecule has 2 N–H and O–H groups in total. The van der Waals surface area contributed by atoms with Gasteiger partial charge in [0.1, 0.15) is 5.75 Å². The van der Waals surface area contributed by atoms with Crippen molar-refractivity contribution in [3.8, 4) is 5.75 Å². The lowest BCUT2D eigenvalue weighted by atomic mass is 10.2. The van der Waals surface area contributed by atoms with E-state index < -0.39 is 0 Å². The number of anilines is 2. The van der Waals surface area contributed by atoms with Crippen molar-refractivity contribution in [3.63, 3.8) is 0 Å². The van der Waals surface area contributed by atoms with Crippen LogP contribution < -0.4 is 15.4 Å². The van der Waals surface area contributed by atoms with Crippen LogP contribution in [0.2, 0.25) is 0 Å². The molecule has 0 saturated heterocycles. The minimum Gasteiger partial charge on any atom is -0.497 e. The monoisotopic (exact) mass is 474 g/mol. The van der Waals surface area contributed by atoms with Crippen molar-refractivity contribution < 1.29 is 14.3 Å². The van der Waals surface area contributed by atoms with Crippen molar-refractivity contribution in [2.45, 2.75) is 29.1 Å². The summed E-state index contributed by atoms with van der Waals surface area (Å²) in [5, 5.41) is 6.51. The summed E-state index contributed by atoms with van der Waals surface area (Å²) in [4.78, 5) is 30.1. The van der Waals surface area contributed by atoms with Gasteiger partial charge in [0.05, 0.1) is 12.4 Å². The van der Waals surface area contributed by atoms with E-state index in [0.717, 1.165) is 10.6 Å². The van der Waals surface area contributed by atoms with Crippen LogP contribution in [0.5, 0.6) is 5.75 Å². The van der Waals surface area contributed by atoms with Crippen molar-refractivity contribution in [1.82, 2.24) is 9.36 Å². The summed E-state index contributed by atoms with van der Waals surface area (Å²) < 4.78 is 9.31. The molecule has 2 amide bonds. The average Bonchev–Trinajstić information content (AvgIpc) is 3.21. The van der Waals surface area contributed by atoms with Crippen LogP contribution in [0, 0.1) is 0 Å². The highest BCUT2D eigenvalue weighted by atomic mass is 32.2. The van der Waals surface area contributed by atoms with Gasteiger partial charge in [-0.05, 0) is 55.1 Å². The molecule has 1 unspecified atom stereocenters. The van der Waals surface area contributed by atoms with E-state index in [0.29, 0.717) is 27.3 Å². The molecule has 10 heteroatoms. The minimum absolute atomic E-state index is 0.151. The van der Waals surface area contributed by atoms with Gasteiger partial charge >= 0.3 is 0 Å². The van der Waals surface area contributed by atoms with Crippen LogP contribution in [0.1, 0.15) is 24.2 Å². The summed E-state index contributed by atoms with van der Waals surface area (Å²) in [5.74, 6) is 1.20. The first-order valence-electron chi connectivity index (χ1n) is 9.48. The maximum absolute atomic E-state index is 12.5. The van der Waals surface area contributed by atoms with Gasteiger partial charge in [-0.25, -0.2) is 0 Å². The highest BCUT2D eigenvalue weighted by molar-refractivity contribution is 8.00. The maximum Gasteiger partial charge on any atom is 0.255 e. The largest absolute Gasteiger partial charge is 0.497 e. The Morgan fingerprint density at radius 1 is 1.16 bits per heavy atom. The van der Waals surface area contributed by atoms with E-state index >= 15 is 0 Å². The number of aromatic nitrogens is 2. The Labute approximate surface area is 193 Å². The SMILES string of the molecule is CCSc1nsc(NC(=O)C(C)Sc2cccc(NC(=O)c3ccc(OC)cc3)c2)n1. The molecule has 1 aromatic heterocycles. The number of carbonyl (C=O) groups excluding carboxylic acids is 2. The zero-order valence-electron chi connectivity index (χ0n) is 17.2. The van der Waals surface area contributed by atoms with E-state index in [4.69, 9.17) is 4.74 Å². The summed E-state index contributed by atoms with van der Waals surface area (Å²) in [6, 6.07) is 14.3. The van der Waals surface area contributed by atoms with Gasteiger partial charge in [-0.1, -0.05) is 24.8 Å². The van der Waals surface area contributed by atoms with E-state index in [9.17, 15) is 9.59 Å². The Morgan fingerprint density at radius 3 is 2.65 bits per heavy atom. The first-order chi connectivity index (χ1) is 15.0. The molecule has 0 aliphatic rings.